The van der Waals surface area contributed by atoms with E-state index in [2.05, 4.69) is 12.2 Å². The molecule has 0 aromatic carbocycles. The van der Waals surface area contributed by atoms with Crippen LogP contribution in [-0.4, -0.2) is 34.8 Å². The van der Waals surface area contributed by atoms with Gasteiger partial charge in [-0.3, -0.25) is 9.59 Å². The highest BCUT2D eigenvalue weighted by Crippen LogP contribution is 2.21. The maximum Gasteiger partial charge on any atom is 0.246 e. The molecule has 1 rings (SSSR count). The number of nitrogens with one attached hydrogen (secondary N) is 1. The number of unbranched alkanes of at least 4 members (excludes halogenated alkanes) is 3. The van der Waals surface area contributed by atoms with Gasteiger partial charge in [0.15, 0.2) is 0 Å². The van der Waals surface area contributed by atoms with Gasteiger partial charge in [-0.1, -0.05) is 26.2 Å². The molecular formula is C13H24N2O2. The van der Waals surface area contributed by atoms with E-state index in [4.69, 9.17) is 0 Å². The first-order valence-electron chi connectivity index (χ1n) is 6.53. The Morgan fingerprint density at radius 2 is 1.88 bits per heavy atom. The van der Waals surface area contributed by atoms with Crippen LogP contribution in [0.5, 0.6) is 0 Å². The van der Waals surface area contributed by atoms with Crippen molar-refractivity contribution in [2.75, 3.05) is 6.54 Å². The topological polar surface area (TPSA) is 49.4 Å². The maximum atomic E-state index is 12.1. The number of nitrogens with zero attached hydrogens (tertiary/aromatic N) is 1. The predicted molar refractivity (Wildman–Crippen MR) is 67.5 cm³/mol. The lowest BCUT2D eigenvalue weighted by Gasteiger charge is -2.43. The molecule has 4 heteroatoms. The number of carbonyl (C=O) groups is 2. The van der Waals surface area contributed by atoms with Crippen LogP contribution < -0.4 is 5.32 Å². The monoisotopic (exact) mass is 240 g/mol. The van der Waals surface area contributed by atoms with E-state index in [1.165, 1.54) is 12.8 Å². The molecular weight excluding hydrogens is 216 g/mol. The van der Waals surface area contributed by atoms with Gasteiger partial charge in [-0.15, -0.1) is 0 Å². The number of rotatable bonds is 5. The standard InChI is InChI=1S/C13H24N2O2/c1-5-6-7-8-9-15-11(16)10(2)14-12(17)13(15,3)4/h10H,5-9H2,1-4H3,(H,14,17). The molecule has 98 valence electrons. The lowest BCUT2D eigenvalue weighted by atomic mass is 9.95. The fourth-order valence-corrected chi connectivity index (χ4v) is 2.15. The molecule has 0 bridgehead atoms. The fraction of sp³-hybridized carbons (Fsp3) is 0.846. The minimum Gasteiger partial charge on any atom is -0.343 e. The SMILES string of the molecule is CCCCCCN1C(=O)C(C)NC(=O)C1(C)C. The van der Waals surface area contributed by atoms with Crippen molar-refractivity contribution in [2.45, 2.75) is 65.0 Å². The van der Waals surface area contributed by atoms with E-state index in [-0.39, 0.29) is 17.9 Å². The molecule has 1 N–H and O–H groups in total. The van der Waals surface area contributed by atoms with Gasteiger partial charge in [-0.05, 0) is 27.2 Å². The normalized spacial score (nSPS) is 23.8. The highest BCUT2D eigenvalue weighted by atomic mass is 16.2. The summed E-state index contributed by atoms with van der Waals surface area (Å²) in [7, 11) is 0. The maximum absolute atomic E-state index is 12.1. The van der Waals surface area contributed by atoms with Crippen LogP contribution in [0, 0.1) is 0 Å². The van der Waals surface area contributed by atoms with Crippen LogP contribution in [0.2, 0.25) is 0 Å². The lowest BCUT2D eigenvalue weighted by molar-refractivity contribution is -0.154. The molecule has 4 nitrogen and oxygen atoms in total. The average Bonchev–Trinajstić information content (AvgIpc) is 2.26. The van der Waals surface area contributed by atoms with E-state index in [1.54, 1.807) is 11.8 Å². The van der Waals surface area contributed by atoms with E-state index >= 15 is 0 Å². The molecule has 0 aromatic heterocycles. The number of piperazine rings is 1. The Hall–Kier alpha value is -1.06. The summed E-state index contributed by atoms with van der Waals surface area (Å²) in [5.41, 5.74) is -0.712. The van der Waals surface area contributed by atoms with Crippen molar-refractivity contribution in [2.24, 2.45) is 0 Å². The van der Waals surface area contributed by atoms with Gasteiger partial charge in [-0.2, -0.15) is 0 Å². The first kappa shape index (κ1) is 14.0. The second kappa shape index (κ2) is 5.52. The molecule has 1 fully saturated rings. The van der Waals surface area contributed by atoms with E-state index in [0.29, 0.717) is 6.54 Å². The zero-order valence-corrected chi connectivity index (χ0v) is 11.4. The van der Waals surface area contributed by atoms with Gasteiger partial charge < -0.3 is 10.2 Å². The van der Waals surface area contributed by atoms with Crippen molar-refractivity contribution >= 4 is 11.8 Å². The van der Waals surface area contributed by atoms with Gasteiger partial charge in [0.25, 0.3) is 0 Å². The van der Waals surface area contributed by atoms with Crippen molar-refractivity contribution in [3.8, 4) is 0 Å². The van der Waals surface area contributed by atoms with Crippen LogP contribution in [0.15, 0.2) is 0 Å². The number of hydrogen-bond acceptors (Lipinski definition) is 2. The molecule has 1 aliphatic heterocycles. The summed E-state index contributed by atoms with van der Waals surface area (Å²) in [6, 6.07) is -0.387. The number of carbonyl (C=O) groups excluding carboxylic acids is 2. The van der Waals surface area contributed by atoms with E-state index in [9.17, 15) is 9.59 Å². The van der Waals surface area contributed by atoms with E-state index < -0.39 is 5.54 Å². The summed E-state index contributed by atoms with van der Waals surface area (Å²) >= 11 is 0. The van der Waals surface area contributed by atoms with Crippen molar-refractivity contribution in [3.05, 3.63) is 0 Å². The smallest absolute Gasteiger partial charge is 0.246 e. The predicted octanol–water partition coefficient (Wildman–Crippen LogP) is 1.69. The Kier molecular flexibility index (Phi) is 4.54. The molecule has 0 aliphatic carbocycles. The van der Waals surface area contributed by atoms with Crippen molar-refractivity contribution in [3.63, 3.8) is 0 Å². The minimum absolute atomic E-state index is 0.0334. The quantitative estimate of drug-likeness (QED) is 0.743. The van der Waals surface area contributed by atoms with Crippen LogP contribution in [0.1, 0.15) is 53.4 Å². The lowest BCUT2D eigenvalue weighted by Crippen LogP contribution is -2.67. The third-order valence-electron chi connectivity index (χ3n) is 3.45. The summed E-state index contributed by atoms with van der Waals surface area (Å²) < 4.78 is 0. The summed E-state index contributed by atoms with van der Waals surface area (Å²) in [6.45, 7) is 8.21. The summed E-state index contributed by atoms with van der Waals surface area (Å²) in [6.07, 6.45) is 4.45. The molecule has 2 amide bonds. The average molecular weight is 240 g/mol. The largest absolute Gasteiger partial charge is 0.343 e. The Morgan fingerprint density at radius 1 is 1.24 bits per heavy atom. The summed E-state index contributed by atoms with van der Waals surface area (Å²) in [5, 5.41) is 2.72. The molecule has 1 saturated heterocycles. The highest BCUT2D eigenvalue weighted by Gasteiger charge is 2.44. The molecule has 0 saturated carbocycles. The molecule has 1 atom stereocenters. The van der Waals surface area contributed by atoms with Crippen LogP contribution >= 0.6 is 0 Å². The highest BCUT2D eigenvalue weighted by molar-refractivity contribution is 5.99. The third-order valence-corrected chi connectivity index (χ3v) is 3.45. The van der Waals surface area contributed by atoms with Crippen LogP contribution in [0.25, 0.3) is 0 Å². The fourth-order valence-electron chi connectivity index (χ4n) is 2.15. The number of hydrogen-bond donors (Lipinski definition) is 1. The van der Waals surface area contributed by atoms with Gasteiger partial charge in [0, 0.05) is 6.54 Å². The van der Waals surface area contributed by atoms with E-state index in [0.717, 1.165) is 12.8 Å². The second-order valence-corrected chi connectivity index (χ2v) is 5.30. The van der Waals surface area contributed by atoms with Crippen molar-refractivity contribution < 1.29 is 9.59 Å². The van der Waals surface area contributed by atoms with Gasteiger partial charge in [0.2, 0.25) is 11.8 Å². The zero-order valence-electron chi connectivity index (χ0n) is 11.4. The number of amides is 2. The van der Waals surface area contributed by atoms with Crippen LogP contribution in [0.3, 0.4) is 0 Å². The van der Waals surface area contributed by atoms with Crippen molar-refractivity contribution in [1.29, 1.82) is 0 Å². The van der Waals surface area contributed by atoms with Crippen LogP contribution in [0.4, 0.5) is 0 Å². The second-order valence-electron chi connectivity index (χ2n) is 5.30. The minimum atomic E-state index is -0.712. The summed E-state index contributed by atoms with van der Waals surface area (Å²) in [4.78, 5) is 25.7. The molecule has 0 spiro atoms. The van der Waals surface area contributed by atoms with E-state index in [1.807, 2.05) is 13.8 Å². The first-order valence-corrected chi connectivity index (χ1v) is 6.53. The van der Waals surface area contributed by atoms with Gasteiger partial charge in [0.05, 0.1) is 0 Å². The molecule has 1 aliphatic rings. The zero-order chi connectivity index (χ0) is 13.1. The van der Waals surface area contributed by atoms with Gasteiger partial charge in [-0.25, -0.2) is 0 Å². The molecule has 0 aromatic rings. The Morgan fingerprint density at radius 3 is 2.47 bits per heavy atom. The van der Waals surface area contributed by atoms with Crippen LogP contribution in [-0.2, 0) is 9.59 Å². The molecule has 17 heavy (non-hydrogen) atoms. The summed E-state index contributed by atoms with van der Waals surface area (Å²) in [5.74, 6) is -0.0220. The Bertz CT molecular complexity index is 300. The first-order chi connectivity index (χ1) is 7.91. The van der Waals surface area contributed by atoms with Gasteiger partial charge in [0.1, 0.15) is 11.6 Å². The Balaban J connectivity index is 2.64. The molecule has 1 heterocycles. The molecule has 1 unspecified atom stereocenters. The molecule has 0 radical (unpaired) electrons. The van der Waals surface area contributed by atoms with Crippen molar-refractivity contribution in [1.82, 2.24) is 10.2 Å². The Labute approximate surface area is 104 Å². The van der Waals surface area contributed by atoms with Gasteiger partial charge >= 0.3 is 0 Å². The third kappa shape index (κ3) is 2.99.